The van der Waals surface area contributed by atoms with Gasteiger partial charge in [0, 0.05) is 11.0 Å². The van der Waals surface area contributed by atoms with Crippen molar-refractivity contribution in [3.63, 3.8) is 0 Å². The number of thioether (sulfide) groups is 1. The molecule has 24 heavy (non-hydrogen) atoms. The summed E-state index contributed by atoms with van der Waals surface area (Å²) in [5.41, 5.74) is 0.967. The molecule has 2 rings (SSSR count). The fourth-order valence-corrected chi connectivity index (χ4v) is 3.67. The lowest BCUT2D eigenvalue weighted by Gasteiger charge is -2.12. The van der Waals surface area contributed by atoms with Crippen LogP contribution in [0.4, 0.5) is 5.69 Å². The molecular weight excluding hydrogens is 326 g/mol. The van der Waals surface area contributed by atoms with Crippen LogP contribution in [0.25, 0.3) is 11.1 Å². The van der Waals surface area contributed by atoms with E-state index >= 15 is 0 Å². The zero-order chi connectivity index (χ0) is 17.7. The van der Waals surface area contributed by atoms with Gasteiger partial charge in [-0.05, 0) is 29.7 Å². The molecule has 1 N–H and O–H groups in total. The molecule has 5 nitrogen and oxygen atoms in total. The van der Waals surface area contributed by atoms with Gasteiger partial charge in [0.2, 0.25) is 0 Å². The van der Waals surface area contributed by atoms with Crippen molar-refractivity contribution in [3.05, 3.63) is 58.1 Å². The predicted octanol–water partition coefficient (Wildman–Crippen LogP) is 5.10. The normalized spacial score (nSPS) is 10.8. The highest BCUT2D eigenvalue weighted by atomic mass is 32.2. The summed E-state index contributed by atoms with van der Waals surface area (Å²) < 4.78 is 0. The highest BCUT2D eigenvalue weighted by Crippen LogP contribution is 2.40. The molecule has 6 heteroatoms. The minimum absolute atomic E-state index is 0.0616. The molecule has 126 valence electrons. The largest absolute Gasteiger partial charge is 0.478 e. The molecule has 2 aromatic rings. The zero-order valence-electron chi connectivity index (χ0n) is 13.6. The second kappa shape index (κ2) is 7.97. The van der Waals surface area contributed by atoms with E-state index in [2.05, 4.69) is 13.8 Å². The first-order chi connectivity index (χ1) is 11.4. The maximum absolute atomic E-state index is 11.5. The van der Waals surface area contributed by atoms with Gasteiger partial charge in [0.15, 0.2) is 0 Å². The van der Waals surface area contributed by atoms with Crippen molar-refractivity contribution in [3.8, 4) is 11.1 Å². The van der Waals surface area contributed by atoms with E-state index in [1.165, 1.54) is 17.8 Å². The lowest BCUT2D eigenvalue weighted by molar-refractivity contribution is -0.384. The van der Waals surface area contributed by atoms with Crippen LogP contribution >= 0.6 is 11.8 Å². The molecule has 0 bridgehead atoms. The Bertz CT molecular complexity index is 744. The lowest BCUT2D eigenvalue weighted by atomic mass is 10.0. The number of benzene rings is 2. The van der Waals surface area contributed by atoms with Crippen molar-refractivity contribution in [1.29, 1.82) is 0 Å². The van der Waals surface area contributed by atoms with Gasteiger partial charge in [-0.1, -0.05) is 44.2 Å². The van der Waals surface area contributed by atoms with E-state index in [4.69, 9.17) is 0 Å². The van der Waals surface area contributed by atoms with Gasteiger partial charge < -0.3 is 5.11 Å². The Balaban J connectivity index is 2.58. The average molecular weight is 345 g/mol. The Morgan fingerprint density at radius 1 is 1.25 bits per heavy atom. The molecule has 0 saturated carbocycles. The number of nitrogens with zero attached hydrogens (tertiary/aromatic N) is 1. The van der Waals surface area contributed by atoms with Crippen LogP contribution in [0.1, 0.15) is 30.6 Å². The minimum Gasteiger partial charge on any atom is -0.478 e. The molecule has 0 radical (unpaired) electrons. The summed E-state index contributed by atoms with van der Waals surface area (Å²) in [5.74, 6) is 0.122. The second-order valence-corrected chi connectivity index (χ2v) is 6.96. The monoisotopic (exact) mass is 345 g/mol. The van der Waals surface area contributed by atoms with Crippen molar-refractivity contribution < 1.29 is 14.8 Å². The van der Waals surface area contributed by atoms with Gasteiger partial charge >= 0.3 is 5.97 Å². The third-order valence-corrected chi connectivity index (χ3v) is 4.61. The maximum Gasteiger partial charge on any atom is 0.335 e. The Morgan fingerprint density at radius 2 is 1.92 bits per heavy atom. The number of nitro benzene ring substituents is 1. The van der Waals surface area contributed by atoms with Crippen LogP contribution in [0.15, 0.2) is 47.4 Å². The molecular formula is C18H19NO4S. The van der Waals surface area contributed by atoms with Gasteiger partial charge in [0.25, 0.3) is 5.69 Å². The smallest absolute Gasteiger partial charge is 0.335 e. The van der Waals surface area contributed by atoms with E-state index in [1.807, 2.05) is 18.2 Å². The fraction of sp³-hybridized carbons (Fsp3) is 0.278. The Morgan fingerprint density at radius 3 is 2.46 bits per heavy atom. The van der Waals surface area contributed by atoms with Crippen LogP contribution in [-0.4, -0.2) is 21.8 Å². The van der Waals surface area contributed by atoms with E-state index in [9.17, 15) is 20.0 Å². The Hall–Kier alpha value is -2.34. The fourth-order valence-electron chi connectivity index (χ4n) is 2.28. The van der Waals surface area contributed by atoms with Crippen molar-refractivity contribution >= 4 is 23.4 Å². The SMILES string of the molecule is CC(C)CCSc1cc(C(=O)O)cc([N+](=O)[O-])c1-c1ccccc1. The second-order valence-electron chi connectivity index (χ2n) is 5.83. The highest BCUT2D eigenvalue weighted by molar-refractivity contribution is 7.99. The molecule has 0 aliphatic rings. The number of carboxylic acid groups (broad SMARTS) is 1. The summed E-state index contributed by atoms with van der Waals surface area (Å²) >= 11 is 1.47. The van der Waals surface area contributed by atoms with Crippen molar-refractivity contribution in [1.82, 2.24) is 0 Å². The molecule has 0 spiro atoms. The Labute approximate surface area is 144 Å². The number of hydrogen-bond acceptors (Lipinski definition) is 4. The molecule has 0 heterocycles. The van der Waals surface area contributed by atoms with Gasteiger partial charge in [-0.25, -0.2) is 4.79 Å². The maximum atomic E-state index is 11.5. The number of hydrogen-bond donors (Lipinski definition) is 1. The van der Waals surface area contributed by atoms with Gasteiger partial charge in [0.05, 0.1) is 16.1 Å². The third-order valence-electron chi connectivity index (χ3n) is 3.54. The molecule has 0 aliphatic carbocycles. The molecule has 2 aromatic carbocycles. The van der Waals surface area contributed by atoms with E-state index in [0.29, 0.717) is 21.9 Å². The van der Waals surface area contributed by atoms with Crippen LogP contribution in [0, 0.1) is 16.0 Å². The van der Waals surface area contributed by atoms with Crippen molar-refractivity contribution in [2.24, 2.45) is 5.92 Å². The molecule has 0 aromatic heterocycles. The van der Waals surface area contributed by atoms with Gasteiger partial charge in [-0.15, -0.1) is 11.8 Å². The average Bonchev–Trinajstić information content (AvgIpc) is 2.54. The van der Waals surface area contributed by atoms with Crippen LogP contribution in [0.5, 0.6) is 0 Å². The van der Waals surface area contributed by atoms with Crippen molar-refractivity contribution in [2.75, 3.05) is 5.75 Å². The van der Waals surface area contributed by atoms with Crippen LogP contribution < -0.4 is 0 Å². The topological polar surface area (TPSA) is 80.4 Å². The minimum atomic E-state index is -1.16. The van der Waals surface area contributed by atoms with E-state index in [1.54, 1.807) is 12.1 Å². The van der Waals surface area contributed by atoms with E-state index in [0.717, 1.165) is 18.2 Å². The number of nitro groups is 1. The van der Waals surface area contributed by atoms with Gasteiger partial charge in [-0.2, -0.15) is 0 Å². The summed E-state index contributed by atoms with van der Waals surface area (Å²) in [6, 6.07) is 11.7. The number of rotatable bonds is 7. The summed E-state index contributed by atoms with van der Waals surface area (Å²) in [6.45, 7) is 4.21. The molecule has 0 unspecified atom stereocenters. The standard InChI is InChI=1S/C18H19NO4S/c1-12(2)8-9-24-16-11-14(18(20)21)10-15(19(22)23)17(16)13-6-4-3-5-7-13/h3-7,10-12H,8-9H2,1-2H3,(H,20,21). The van der Waals surface area contributed by atoms with Crippen LogP contribution in [0.2, 0.25) is 0 Å². The molecule has 0 saturated heterocycles. The quantitative estimate of drug-likeness (QED) is 0.429. The zero-order valence-corrected chi connectivity index (χ0v) is 14.4. The first kappa shape index (κ1) is 18.0. The van der Waals surface area contributed by atoms with Crippen molar-refractivity contribution in [2.45, 2.75) is 25.2 Å². The lowest BCUT2D eigenvalue weighted by Crippen LogP contribution is -2.02. The number of aromatic carboxylic acids is 1. The first-order valence-electron chi connectivity index (χ1n) is 7.64. The Kier molecular flexibility index (Phi) is 5.98. The summed E-state index contributed by atoms with van der Waals surface area (Å²) in [5, 5.41) is 20.8. The summed E-state index contributed by atoms with van der Waals surface area (Å²) in [7, 11) is 0. The van der Waals surface area contributed by atoms with E-state index < -0.39 is 10.9 Å². The molecule has 0 amide bonds. The van der Waals surface area contributed by atoms with E-state index in [-0.39, 0.29) is 11.3 Å². The van der Waals surface area contributed by atoms with Crippen LogP contribution in [-0.2, 0) is 0 Å². The number of carbonyl (C=O) groups is 1. The molecule has 0 aliphatic heterocycles. The van der Waals surface area contributed by atoms with Crippen LogP contribution in [0.3, 0.4) is 0 Å². The van der Waals surface area contributed by atoms with Gasteiger partial charge in [0.1, 0.15) is 0 Å². The third kappa shape index (κ3) is 4.35. The number of carboxylic acids is 1. The summed E-state index contributed by atoms with van der Waals surface area (Å²) in [6.07, 6.45) is 0.948. The molecule has 0 atom stereocenters. The van der Waals surface area contributed by atoms with Gasteiger partial charge in [-0.3, -0.25) is 10.1 Å². The first-order valence-corrected chi connectivity index (χ1v) is 8.62. The highest BCUT2D eigenvalue weighted by Gasteiger charge is 2.23. The predicted molar refractivity (Wildman–Crippen MR) is 95.7 cm³/mol. The molecule has 0 fully saturated rings. The summed E-state index contributed by atoms with van der Waals surface area (Å²) in [4.78, 5) is 23.0.